The third-order valence-corrected chi connectivity index (χ3v) is 1.01. The summed E-state index contributed by atoms with van der Waals surface area (Å²) >= 11 is 0. The van der Waals surface area contributed by atoms with Gasteiger partial charge in [-0.05, 0) is 0 Å². The first-order valence-corrected chi connectivity index (χ1v) is 2.96. The maximum atomic E-state index is 11.9. The van der Waals surface area contributed by atoms with Crippen LogP contribution in [0, 0.1) is 5.53 Å². The Morgan fingerprint density at radius 2 is 2.23 bits per heavy atom. The van der Waals surface area contributed by atoms with E-state index in [1.54, 1.807) is 0 Å². The van der Waals surface area contributed by atoms with Crippen LogP contribution in [0.5, 0.6) is 0 Å². The van der Waals surface area contributed by atoms with Gasteiger partial charge in [-0.15, -0.1) is 0 Å². The zero-order valence-electron chi connectivity index (χ0n) is 6.13. The molecule has 0 aliphatic rings. The fourth-order valence-electron chi connectivity index (χ4n) is 0.472. The van der Waals surface area contributed by atoms with E-state index < -0.39 is 24.9 Å². The van der Waals surface area contributed by atoms with E-state index in [4.69, 9.17) is 5.53 Å². The van der Waals surface area contributed by atoms with E-state index in [-0.39, 0.29) is 0 Å². The van der Waals surface area contributed by atoms with Crippen molar-refractivity contribution in [2.24, 2.45) is 5.11 Å². The van der Waals surface area contributed by atoms with Crippen LogP contribution in [0.4, 0.5) is 18.0 Å². The van der Waals surface area contributed by atoms with Crippen molar-refractivity contribution in [1.82, 2.24) is 10.2 Å². The number of rotatable bonds is 3. The molecule has 1 unspecified atom stereocenters. The molecule has 74 valence electrons. The molecule has 0 aromatic carbocycles. The first-order chi connectivity index (χ1) is 5.88. The summed E-state index contributed by atoms with van der Waals surface area (Å²) in [5, 5.41) is 13.6. The fourth-order valence-corrected chi connectivity index (χ4v) is 0.472. The van der Waals surface area contributed by atoms with E-state index in [2.05, 4.69) is 10.0 Å². The Bertz CT molecular complexity index is 234. The predicted octanol–water partition coefficient (Wildman–Crippen LogP) is -0.599. The number of carbonyl (C=O) groups is 1. The molecule has 0 aliphatic heterocycles. The highest BCUT2D eigenvalue weighted by Crippen LogP contribution is 2.21. The largest absolute Gasteiger partial charge is 0.530 e. The minimum Gasteiger partial charge on any atom is -0.530 e. The van der Waals surface area contributed by atoms with Crippen molar-refractivity contribution in [3.05, 3.63) is 0 Å². The molecule has 0 aromatic rings. The normalized spacial score (nSPS) is 12.8. The van der Waals surface area contributed by atoms with Crippen LogP contribution in [0.25, 0.3) is 0 Å². The molecule has 6 nitrogen and oxygen atoms in total. The van der Waals surface area contributed by atoms with Crippen molar-refractivity contribution in [1.29, 1.82) is 5.53 Å². The van der Waals surface area contributed by atoms with Gasteiger partial charge in [0.1, 0.15) is 16.7 Å². The molecule has 0 aromatic heterocycles. The van der Waals surface area contributed by atoms with Gasteiger partial charge in [-0.1, -0.05) is 0 Å². The monoisotopic (exact) mass is 198 g/mol. The molecule has 1 atom stereocenters. The minimum atomic E-state index is -4.73. The molecule has 0 spiro atoms. The highest BCUT2D eigenvalue weighted by Gasteiger charge is 2.43. The summed E-state index contributed by atoms with van der Waals surface area (Å²) in [5.74, 6) is 0. The van der Waals surface area contributed by atoms with Crippen molar-refractivity contribution in [3.8, 4) is 0 Å². The zero-order chi connectivity index (χ0) is 10.5. The lowest BCUT2D eigenvalue weighted by atomic mass is 10.3. The second kappa shape index (κ2) is 4.41. The number of nitrogens with one attached hydrogen (secondary N) is 2. The lowest BCUT2D eigenvalue weighted by Gasteiger charge is -2.12. The molecular weight excluding hydrogens is 193 g/mol. The summed E-state index contributed by atoms with van der Waals surface area (Å²) in [6.07, 6.45) is -6.57. The molecule has 0 bridgehead atoms. The van der Waals surface area contributed by atoms with Crippen molar-refractivity contribution < 1.29 is 23.1 Å². The lowest BCUT2D eigenvalue weighted by molar-refractivity contribution is -0.251. The molecule has 0 saturated heterocycles. The molecule has 0 heterocycles. The first-order valence-electron chi connectivity index (χ1n) is 2.96. The maximum Gasteiger partial charge on any atom is 0.419 e. The Morgan fingerprint density at radius 1 is 1.69 bits per heavy atom. The number of hydrogen-bond donors (Lipinski definition) is 2. The third kappa shape index (κ3) is 4.75. The molecule has 0 saturated carbocycles. The quantitative estimate of drug-likeness (QED) is 0.467. The molecule has 1 amide bonds. The Hall–Kier alpha value is -1.63. The molecule has 0 rings (SSSR count). The molecule has 13 heavy (non-hydrogen) atoms. The standard InChI is InChI=1S/C4H5F3N4O2/c5-4(6,7)2(10-11-8)1-9-3(12)13/h2,8-9H,1H2. The Morgan fingerprint density at radius 3 is 2.54 bits per heavy atom. The summed E-state index contributed by atoms with van der Waals surface area (Å²) < 4.78 is 35.6. The van der Waals surface area contributed by atoms with Gasteiger partial charge in [-0.2, -0.15) is 13.2 Å². The number of nitrogens with zero attached hydrogens (tertiary/aromatic N) is 2. The molecule has 0 radical (unpaired) electrons. The smallest absolute Gasteiger partial charge is 0.419 e. The van der Waals surface area contributed by atoms with Crippen LogP contribution in [-0.2, 0) is 0 Å². The number of amides is 1. The van der Waals surface area contributed by atoms with Crippen molar-refractivity contribution in [2.75, 3.05) is 6.54 Å². The maximum absolute atomic E-state index is 11.9. The van der Waals surface area contributed by atoms with Crippen molar-refractivity contribution in [2.45, 2.75) is 12.2 Å². The van der Waals surface area contributed by atoms with Gasteiger partial charge in [-0.25, -0.2) is 0 Å². The third-order valence-electron chi connectivity index (χ3n) is 1.01. The summed E-state index contributed by atoms with van der Waals surface area (Å²) in [4.78, 5) is 11.9. The highest BCUT2D eigenvalue weighted by atomic mass is 19.4. The highest BCUT2D eigenvalue weighted by molar-refractivity contribution is 5.61. The van der Waals surface area contributed by atoms with Gasteiger partial charge in [-0.3, -0.25) is 0 Å². The van der Waals surface area contributed by atoms with Crippen LogP contribution in [0.1, 0.15) is 0 Å². The second-order valence-corrected chi connectivity index (χ2v) is 1.94. The van der Waals surface area contributed by atoms with E-state index in [1.807, 2.05) is 0 Å². The van der Waals surface area contributed by atoms with Gasteiger partial charge < -0.3 is 15.2 Å². The molecule has 9 heteroatoms. The van der Waals surface area contributed by atoms with Crippen LogP contribution >= 0.6 is 0 Å². The Balaban J connectivity index is 4.27. The lowest BCUT2D eigenvalue weighted by Crippen LogP contribution is -2.44. The summed E-state index contributed by atoms with van der Waals surface area (Å²) in [6, 6.07) is -2.34. The van der Waals surface area contributed by atoms with E-state index in [1.165, 1.54) is 5.32 Å². The second-order valence-electron chi connectivity index (χ2n) is 1.94. The molecule has 2 N–H and O–H groups in total. The van der Waals surface area contributed by atoms with Crippen molar-refractivity contribution >= 4 is 6.09 Å². The van der Waals surface area contributed by atoms with Crippen LogP contribution in [0.2, 0.25) is 0 Å². The predicted molar refractivity (Wildman–Crippen MR) is 30.5 cm³/mol. The van der Waals surface area contributed by atoms with Crippen LogP contribution < -0.4 is 15.3 Å². The SMILES string of the molecule is N=[N+]=NC(CNC(=O)[O-])C(F)(F)F. The van der Waals surface area contributed by atoms with Gasteiger partial charge in [0.15, 0.2) is 0 Å². The van der Waals surface area contributed by atoms with Gasteiger partial charge in [0.05, 0.1) is 6.54 Å². The van der Waals surface area contributed by atoms with Crippen LogP contribution in [-0.4, -0.2) is 24.9 Å². The number of halogens is 3. The van der Waals surface area contributed by atoms with E-state index >= 15 is 0 Å². The summed E-state index contributed by atoms with van der Waals surface area (Å²) in [5.41, 5.74) is 6.07. The van der Waals surface area contributed by atoms with Gasteiger partial charge in [0.2, 0.25) is 11.0 Å². The number of alkyl halides is 3. The number of carboxylic acid groups (broad SMARTS) is 1. The van der Waals surface area contributed by atoms with Gasteiger partial charge >= 0.3 is 6.18 Å². The van der Waals surface area contributed by atoms with E-state index in [0.717, 1.165) is 0 Å². The topological polar surface area (TPSA) is 102 Å². The number of hydrogen-bond acceptors (Lipinski definition) is 4. The molecule has 0 aliphatic carbocycles. The molecular formula is C4H5F3N4O2. The number of carbonyl (C=O) groups excluding carboxylic acids is 1. The minimum absolute atomic E-state index is 1.01. The van der Waals surface area contributed by atoms with Crippen LogP contribution in [0.15, 0.2) is 5.11 Å². The fraction of sp³-hybridized carbons (Fsp3) is 0.750. The van der Waals surface area contributed by atoms with E-state index in [0.29, 0.717) is 0 Å². The van der Waals surface area contributed by atoms with Gasteiger partial charge in [0.25, 0.3) is 0 Å². The first kappa shape index (κ1) is 11.4. The summed E-state index contributed by atoms with van der Waals surface area (Å²) in [6.45, 7) is -1.01. The Kier molecular flexibility index (Phi) is 3.86. The molecule has 0 fully saturated rings. The van der Waals surface area contributed by atoms with Crippen LogP contribution in [0.3, 0.4) is 0 Å². The average Bonchev–Trinajstić information content (AvgIpc) is 1.95. The summed E-state index contributed by atoms with van der Waals surface area (Å²) in [7, 11) is 0. The van der Waals surface area contributed by atoms with Gasteiger partial charge in [0, 0.05) is 0 Å². The van der Waals surface area contributed by atoms with E-state index in [9.17, 15) is 23.1 Å². The zero-order valence-corrected chi connectivity index (χ0v) is 6.13. The average molecular weight is 198 g/mol. The Labute approximate surface area is 70.0 Å². The van der Waals surface area contributed by atoms with Crippen molar-refractivity contribution in [3.63, 3.8) is 0 Å².